The van der Waals surface area contributed by atoms with E-state index >= 15 is 0 Å². The third kappa shape index (κ3) is 4.30. The topological polar surface area (TPSA) is 60.0 Å². The Morgan fingerprint density at radius 3 is 1.68 bits per heavy atom. The number of benzene rings is 2. The van der Waals surface area contributed by atoms with Crippen LogP contribution in [0.25, 0.3) is 0 Å². The van der Waals surface area contributed by atoms with Crippen molar-refractivity contribution in [3.8, 4) is 23.0 Å². The van der Waals surface area contributed by atoms with E-state index in [0.717, 1.165) is 22.6 Å². The molecule has 22 heavy (non-hydrogen) atoms. The number of phenols is 1. The third-order valence-electron chi connectivity index (χ3n) is 3.26. The normalized spacial score (nSPS) is 10.3. The first-order valence-corrected chi connectivity index (χ1v) is 6.94. The summed E-state index contributed by atoms with van der Waals surface area (Å²) in [5.74, 6) is 2.35. The summed E-state index contributed by atoms with van der Waals surface area (Å²) in [6.45, 7) is 1.27. The fraction of sp³-hybridized carbons (Fsp3) is 0.294. The zero-order valence-corrected chi connectivity index (χ0v) is 13.1. The van der Waals surface area contributed by atoms with Crippen molar-refractivity contribution in [3.05, 3.63) is 47.5 Å². The van der Waals surface area contributed by atoms with E-state index in [1.807, 2.05) is 24.3 Å². The SMILES string of the molecule is COc1cc(O)cc(CNCc2cc(OC)cc(OC)c2)c1. The third-order valence-corrected chi connectivity index (χ3v) is 3.26. The monoisotopic (exact) mass is 303 g/mol. The molecule has 0 bridgehead atoms. The largest absolute Gasteiger partial charge is 0.508 e. The molecule has 0 aliphatic rings. The molecule has 2 rings (SSSR count). The molecule has 0 saturated heterocycles. The number of aromatic hydroxyl groups is 1. The quantitative estimate of drug-likeness (QED) is 0.823. The van der Waals surface area contributed by atoms with Crippen LogP contribution in [0.4, 0.5) is 0 Å². The van der Waals surface area contributed by atoms with E-state index in [1.165, 1.54) is 0 Å². The molecule has 118 valence electrons. The Morgan fingerprint density at radius 1 is 0.727 bits per heavy atom. The highest BCUT2D eigenvalue weighted by Crippen LogP contribution is 2.23. The van der Waals surface area contributed by atoms with Crippen molar-refractivity contribution >= 4 is 0 Å². The van der Waals surface area contributed by atoms with Crippen LogP contribution in [-0.4, -0.2) is 26.4 Å². The smallest absolute Gasteiger partial charge is 0.122 e. The summed E-state index contributed by atoms with van der Waals surface area (Å²) >= 11 is 0. The molecule has 0 aliphatic carbocycles. The predicted molar refractivity (Wildman–Crippen MR) is 84.7 cm³/mol. The van der Waals surface area contributed by atoms with Crippen molar-refractivity contribution in [1.82, 2.24) is 5.32 Å². The second kappa shape index (κ2) is 7.56. The van der Waals surface area contributed by atoms with Gasteiger partial charge in [0.05, 0.1) is 21.3 Å². The molecule has 0 amide bonds. The zero-order valence-electron chi connectivity index (χ0n) is 13.1. The molecule has 0 aliphatic heterocycles. The van der Waals surface area contributed by atoms with E-state index in [2.05, 4.69) is 5.32 Å². The number of hydrogen-bond donors (Lipinski definition) is 2. The van der Waals surface area contributed by atoms with Crippen LogP contribution in [0.15, 0.2) is 36.4 Å². The molecule has 0 spiro atoms. The minimum atomic E-state index is 0.194. The number of hydrogen-bond acceptors (Lipinski definition) is 5. The molecule has 0 unspecified atom stereocenters. The summed E-state index contributed by atoms with van der Waals surface area (Å²) in [4.78, 5) is 0. The Balaban J connectivity index is 2.00. The van der Waals surface area contributed by atoms with Gasteiger partial charge >= 0.3 is 0 Å². The lowest BCUT2D eigenvalue weighted by Gasteiger charge is -2.10. The van der Waals surface area contributed by atoms with Crippen molar-refractivity contribution in [2.45, 2.75) is 13.1 Å². The van der Waals surface area contributed by atoms with Gasteiger partial charge in [0, 0.05) is 25.2 Å². The van der Waals surface area contributed by atoms with Gasteiger partial charge in [-0.3, -0.25) is 0 Å². The van der Waals surface area contributed by atoms with E-state index in [-0.39, 0.29) is 5.75 Å². The van der Waals surface area contributed by atoms with Gasteiger partial charge in [0.2, 0.25) is 0 Å². The molecule has 5 heteroatoms. The summed E-state index contributed by atoms with van der Waals surface area (Å²) < 4.78 is 15.6. The Bertz CT molecular complexity index is 606. The van der Waals surface area contributed by atoms with Crippen LogP contribution in [0.2, 0.25) is 0 Å². The van der Waals surface area contributed by atoms with Crippen molar-refractivity contribution in [3.63, 3.8) is 0 Å². The molecule has 0 radical (unpaired) electrons. The van der Waals surface area contributed by atoms with Gasteiger partial charge in [0.25, 0.3) is 0 Å². The molecule has 0 aromatic heterocycles. The molecule has 2 aromatic carbocycles. The summed E-state index contributed by atoms with van der Waals surface area (Å²) in [6, 6.07) is 10.9. The summed E-state index contributed by atoms with van der Waals surface area (Å²) in [5, 5.41) is 13.0. The van der Waals surface area contributed by atoms with Crippen LogP contribution in [-0.2, 0) is 13.1 Å². The minimum absolute atomic E-state index is 0.194. The average molecular weight is 303 g/mol. The second-order valence-electron chi connectivity index (χ2n) is 4.86. The van der Waals surface area contributed by atoms with Gasteiger partial charge in [-0.15, -0.1) is 0 Å². The lowest BCUT2D eigenvalue weighted by atomic mass is 10.1. The molecule has 0 atom stereocenters. The van der Waals surface area contributed by atoms with E-state index in [9.17, 15) is 5.11 Å². The molecule has 2 N–H and O–H groups in total. The van der Waals surface area contributed by atoms with Gasteiger partial charge in [0.15, 0.2) is 0 Å². The molecule has 0 heterocycles. The standard InChI is InChI=1S/C17H21NO4/c1-20-15-5-12(4-14(19)8-15)10-18-11-13-6-16(21-2)9-17(7-13)22-3/h4-9,18-19H,10-11H2,1-3H3. The maximum atomic E-state index is 9.64. The van der Waals surface area contributed by atoms with Crippen LogP contribution in [0.5, 0.6) is 23.0 Å². The Labute approximate surface area is 130 Å². The fourth-order valence-corrected chi connectivity index (χ4v) is 2.18. The fourth-order valence-electron chi connectivity index (χ4n) is 2.18. The highest BCUT2D eigenvalue weighted by atomic mass is 16.5. The van der Waals surface area contributed by atoms with Crippen molar-refractivity contribution < 1.29 is 19.3 Å². The van der Waals surface area contributed by atoms with E-state index in [4.69, 9.17) is 14.2 Å². The van der Waals surface area contributed by atoms with Crippen molar-refractivity contribution in [2.24, 2.45) is 0 Å². The van der Waals surface area contributed by atoms with Crippen molar-refractivity contribution in [2.75, 3.05) is 21.3 Å². The highest BCUT2D eigenvalue weighted by molar-refractivity contribution is 5.39. The first kappa shape index (κ1) is 16.0. The van der Waals surface area contributed by atoms with Crippen molar-refractivity contribution in [1.29, 1.82) is 0 Å². The number of rotatable bonds is 7. The van der Waals surface area contributed by atoms with Crippen LogP contribution < -0.4 is 19.5 Å². The summed E-state index contributed by atoms with van der Waals surface area (Å²) in [7, 11) is 4.84. The molecular weight excluding hydrogens is 282 g/mol. The van der Waals surface area contributed by atoms with Crippen LogP contribution in [0, 0.1) is 0 Å². The molecule has 0 fully saturated rings. The summed E-state index contributed by atoms with van der Waals surface area (Å²) in [6.07, 6.45) is 0. The minimum Gasteiger partial charge on any atom is -0.508 e. The van der Waals surface area contributed by atoms with E-state index in [1.54, 1.807) is 33.5 Å². The number of methoxy groups -OCH3 is 3. The molecule has 5 nitrogen and oxygen atoms in total. The molecule has 2 aromatic rings. The van der Waals surface area contributed by atoms with E-state index in [0.29, 0.717) is 18.8 Å². The highest BCUT2D eigenvalue weighted by Gasteiger charge is 2.03. The lowest BCUT2D eigenvalue weighted by molar-refractivity contribution is 0.393. The zero-order chi connectivity index (χ0) is 15.9. The first-order chi connectivity index (χ1) is 10.6. The number of ether oxygens (including phenoxy) is 3. The van der Waals surface area contributed by atoms with Gasteiger partial charge in [-0.25, -0.2) is 0 Å². The van der Waals surface area contributed by atoms with Gasteiger partial charge < -0.3 is 24.6 Å². The van der Waals surface area contributed by atoms with Crippen LogP contribution in [0.3, 0.4) is 0 Å². The number of nitrogens with one attached hydrogen (secondary N) is 1. The molecular formula is C17H21NO4. The Kier molecular flexibility index (Phi) is 5.49. The van der Waals surface area contributed by atoms with Crippen LogP contribution >= 0.6 is 0 Å². The van der Waals surface area contributed by atoms with E-state index < -0.39 is 0 Å². The van der Waals surface area contributed by atoms with Gasteiger partial charge in [-0.2, -0.15) is 0 Å². The van der Waals surface area contributed by atoms with Crippen LogP contribution in [0.1, 0.15) is 11.1 Å². The predicted octanol–water partition coefficient (Wildman–Crippen LogP) is 2.71. The van der Waals surface area contributed by atoms with Gasteiger partial charge in [-0.05, 0) is 35.4 Å². The number of phenolic OH excluding ortho intramolecular Hbond substituents is 1. The average Bonchev–Trinajstić information content (AvgIpc) is 2.53. The van der Waals surface area contributed by atoms with Gasteiger partial charge in [0.1, 0.15) is 23.0 Å². The summed E-state index contributed by atoms with van der Waals surface area (Å²) in [5.41, 5.74) is 2.01. The Morgan fingerprint density at radius 2 is 1.18 bits per heavy atom. The second-order valence-corrected chi connectivity index (χ2v) is 4.86. The molecule has 0 saturated carbocycles. The first-order valence-electron chi connectivity index (χ1n) is 6.94. The maximum absolute atomic E-state index is 9.64. The van der Waals surface area contributed by atoms with Gasteiger partial charge in [-0.1, -0.05) is 0 Å². The maximum Gasteiger partial charge on any atom is 0.122 e. The Hall–Kier alpha value is -2.40. The lowest BCUT2D eigenvalue weighted by Crippen LogP contribution is -2.12.